The number of nitrogens with one attached hydrogen (secondary N) is 2. The van der Waals surface area contributed by atoms with Crippen LogP contribution in [0.15, 0.2) is 64.2 Å². The number of carbonyl (C=O) groups excluding carboxylic acids is 2. The number of anilines is 1. The molecule has 7 nitrogen and oxygen atoms in total. The summed E-state index contributed by atoms with van der Waals surface area (Å²) in [7, 11) is 0. The summed E-state index contributed by atoms with van der Waals surface area (Å²) in [5, 5.41) is 14.3. The van der Waals surface area contributed by atoms with Crippen LogP contribution >= 0.6 is 50.9 Å². The van der Waals surface area contributed by atoms with Crippen molar-refractivity contribution in [3.8, 4) is 5.69 Å². The number of hydrogen-bond acceptors (Lipinski definition) is 5. The number of aromatic nitrogens is 3. The Bertz CT molecular complexity index is 1630. The van der Waals surface area contributed by atoms with Crippen molar-refractivity contribution in [3.63, 3.8) is 0 Å². The van der Waals surface area contributed by atoms with Gasteiger partial charge in [-0.1, -0.05) is 63.0 Å². The van der Waals surface area contributed by atoms with Crippen molar-refractivity contribution in [2.24, 2.45) is 0 Å². The summed E-state index contributed by atoms with van der Waals surface area (Å²) in [6.45, 7) is 3.81. The molecule has 0 atom stereocenters. The predicted molar refractivity (Wildman–Crippen MR) is 157 cm³/mol. The summed E-state index contributed by atoms with van der Waals surface area (Å²) in [6, 6.07) is 13.4. The molecule has 4 rings (SSSR count). The lowest BCUT2D eigenvalue weighted by Crippen LogP contribution is -2.25. The molecule has 0 saturated carbocycles. The van der Waals surface area contributed by atoms with Gasteiger partial charge in [0.1, 0.15) is 0 Å². The molecular formula is C27H21BrCl2F3N5O2S. The number of amides is 2. The third-order valence-corrected chi connectivity index (χ3v) is 7.87. The van der Waals surface area contributed by atoms with E-state index < -0.39 is 23.6 Å². The van der Waals surface area contributed by atoms with Gasteiger partial charge in [-0.05, 0) is 67.4 Å². The molecule has 0 bridgehead atoms. The number of aryl methyl sites for hydroxylation is 2. The molecule has 0 fully saturated rings. The molecule has 1 heterocycles. The summed E-state index contributed by atoms with van der Waals surface area (Å²) in [5.41, 5.74) is 1.78. The molecule has 4 aromatic rings. The molecule has 3 aromatic carbocycles. The molecule has 2 N–H and O–H groups in total. The van der Waals surface area contributed by atoms with Gasteiger partial charge in [0.15, 0.2) is 11.0 Å². The molecule has 0 unspecified atom stereocenters. The molecule has 41 heavy (non-hydrogen) atoms. The number of nitrogens with zero attached hydrogens (tertiary/aromatic N) is 3. The van der Waals surface area contributed by atoms with Crippen LogP contribution in [0.3, 0.4) is 0 Å². The van der Waals surface area contributed by atoms with E-state index in [2.05, 4.69) is 36.8 Å². The topological polar surface area (TPSA) is 88.9 Å². The number of thioether (sulfide) groups is 1. The molecule has 2 amide bonds. The number of carbonyl (C=O) groups is 2. The zero-order chi connectivity index (χ0) is 29.9. The summed E-state index contributed by atoms with van der Waals surface area (Å²) in [4.78, 5) is 25.6. The van der Waals surface area contributed by atoms with Crippen molar-refractivity contribution in [1.29, 1.82) is 0 Å². The number of alkyl halides is 3. The Morgan fingerprint density at radius 3 is 2.46 bits per heavy atom. The van der Waals surface area contributed by atoms with E-state index in [0.717, 1.165) is 46.8 Å². The van der Waals surface area contributed by atoms with Crippen LogP contribution < -0.4 is 10.6 Å². The lowest BCUT2D eigenvalue weighted by atomic mass is 10.1. The average Bonchev–Trinajstić information content (AvgIpc) is 3.32. The van der Waals surface area contributed by atoms with Gasteiger partial charge in [-0.15, -0.1) is 10.2 Å². The Morgan fingerprint density at radius 2 is 1.73 bits per heavy atom. The van der Waals surface area contributed by atoms with Gasteiger partial charge in [0, 0.05) is 4.47 Å². The fraction of sp³-hybridized carbons (Fsp3) is 0.185. The van der Waals surface area contributed by atoms with Crippen molar-refractivity contribution < 1.29 is 22.8 Å². The normalized spacial score (nSPS) is 11.4. The Labute approximate surface area is 256 Å². The minimum atomic E-state index is -4.59. The number of halogens is 6. The van der Waals surface area contributed by atoms with Crippen molar-refractivity contribution in [2.75, 3.05) is 11.1 Å². The van der Waals surface area contributed by atoms with Crippen LogP contribution in [0.1, 0.15) is 32.9 Å². The fourth-order valence-corrected chi connectivity index (χ4v) is 5.24. The molecule has 1 aromatic heterocycles. The predicted octanol–water partition coefficient (Wildman–Crippen LogP) is 7.63. The zero-order valence-electron chi connectivity index (χ0n) is 21.4. The smallest absolute Gasteiger partial charge is 0.345 e. The summed E-state index contributed by atoms with van der Waals surface area (Å²) in [6.07, 6.45) is -4.59. The van der Waals surface area contributed by atoms with E-state index in [-0.39, 0.29) is 33.6 Å². The highest BCUT2D eigenvalue weighted by molar-refractivity contribution is 9.10. The SMILES string of the molecule is Cc1ccc(C)c(-n2c(CNC(=O)c3cc(Br)ccc3Cl)nnc2SCC(=O)Nc2cc(C(F)(F)F)ccc2Cl)c1. The van der Waals surface area contributed by atoms with Crippen LogP contribution in [0, 0.1) is 13.8 Å². The molecule has 0 radical (unpaired) electrons. The molecule has 14 heteroatoms. The molecule has 0 aliphatic carbocycles. The fourth-order valence-electron chi connectivity index (χ4n) is 3.75. The number of benzene rings is 3. The Morgan fingerprint density at radius 1 is 1.00 bits per heavy atom. The first-order valence-corrected chi connectivity index (χ1v) is 14.4. The monoisotopic (exact) mass is 685 g/mol. The van der Waals surface area contributed by atoms with Gasteiger partial charge >= 0.3 is 6.18 Å². The largest absolute Gasteiger partial charge is 0.416 e. The van der Waals surface area contributed by atoms with Crippen LogP contribution in [0.2, 0.25) is 10.0 Å². The number of hydrogen-bond donors (Lipinski definition) is 2. The van der Waals surface area contributed by atoms with E-state index in [1.807, 2.05) is 32.0 Å². The van der Waals surface area contributed by atoms with Crippen LogP contribution in [-0.2, 0) is 17.5 Å². The van der Waals surface area contributed by atoms with E-state index in [9.17, 15) is 22.8 Å². The van der Waals surface area contributed by atoms with Crippen LogP contribution in [-0.4, -0.2) is 32.3 Å². The molecule has 0 saturated heterocycles. The second-order valence-corrected chi connectivity index (χ2v) is 11.5. The number of rotatable bonds is 8. The highest BCUT2D eigenvalue weighted by Crippen LogP contribution is 2.34. The maximum atomic E-state index is 13.1. The van der Waals surface area contributed by atoms with Gasteiger partial charge in [-0.3, -0.25) is 14.2 Å². The Kier molecular flexibility index (Phi) is 9.68. The lowest BCUT2D eigenvalue weighted by molar-refractivity contribution is -0.137. The van der Waals surface area contributed by atoms with Crippen molar-refractivity contribution in [1.82, 2.24) is 20.1 Å². The van der Waals surface area contributed by atoms with Crippen molar-refractivity contribution >= 4 is 68.4 Å². The maximum Gasteiger partial charge on any atom is 0.416 e. The molecule has 0 spiro atoms. The quantitative estimate of drug-likeness (QED) is 0.186. The summed E-state index contributed by atoms with van der Waals surface area (Å²) in [5.74, 6) is -0.818. The van der Waals surface area contributed by atoms with Gasteiger partial charge in [0.25, 0.3) is 5.91 Å². The van der Waals surface area contributed by atoms with E-state index in [1.54, 1.807) is 22.8 Å². The second kappa shape index (κ2) is 12.8. The molecule has 0 aliphatic rings. The van der Waals surface area contributed by atoms with E-state index in [4.69, 9.17) is 23.2 Å². The van der Waals surface area contributed by atoms with Gasteiger partial charge in [0.05, 0.1) is 44.8 Å². The van der Waals surface area contributed by atoms with E-state index in [0.29, 0.717) is 15.5 Å². The third-order valence-electron chi connectivity index (χ3n) is 5.79. The molecular weight excluding hydrogens is 666 g/mol. The van der Waals surface area contributed by atoms with Crippen molar-refractivity contribution in [3.05, 3.63) is 97.2 Å². The van der Waals surface area contributed by atoms with Gasteiger partial charge < -0.3 is 10.6 Å². The van der Waals surface area contributed by atoms with Crippen LogP contribution in [0.5, 0.6) is 0 Å². The average molecular weight is 687 g/mol. The van der Waals surface area contributed by atoms with E-state index in [1.165, 1.54) is 0 Å². The molecule has 214 valence electrons. The first-order chi connectivity index (χ1) is 19.3. The highest BCUT2D eigenvalue weighted by Gasteiger charge is 2.31. The van der Waals surface area contributed by atoms with Gasteiger partial charge in [0.2, 0.25) is 5.91 Å². The highest BCUT2D eigenvalue weighted by atomic mass is 79.9. The van der Waals surface area contributed by atoms with Gasteiger partial charge in [-0.2, -0.15) is 13.2 Å². The lowest BCUT2D eigenvalue weighted by Gasteiger charge is -2.15. The van der Waals surface area contributed by atoms with Gasteiger partial charge in [-0.25, -0.2) is 0 Å². The second-order valence-electron chi connectivity index (χ2n) is 8.86. The third kappa shape index (κ3) is 7.62. The standard InChI is InChI=1S/C27H21BrCl2F3N5O2S/c1-14-3-4-15(2)22(9-14)38-23(12-34-25(40)18-11-17(28)6-8-19(18)29)36-37-26(38)41-13-24(39)35-21-10-16(27(31,32)33)5-7-20(21)30/h3-11H,12-13H2,1-2H3,(H,34,40)(H,35,39). The minimum Gasteiger partial charge on any atom is -0.345 e. The summed E-state index contributed by atoms with van der Waals surface area (Å²) >= 11 is 16.6. The van der Waals surface area contributed by atoms with Crippen LogP contribution in [0.25, 0.3) is 5.69 Å². The van der Waals surface area contributed by atoms with Crippen molar-refractivity contribution in [2.45, 2.75) is 31.7 Å². The summed E-state index contributed by atoms with van der Waals surface area (Å²) < 4.78 is 41.7. The van der Waals surface area contributed by atoms with Crippen LogP contribution in [0.4, 0.5) is 18.9 Å². The Hall–Kier alpha value is -3.06. The minimum absolute atomic E-state index is 0.00530. The zero-order valence-corrected chi connectivity index (χ0v) is 25.4. The first kappa shape index (κ1) is 30.9. The molecule has 0 aliphatic heterocycles. The Balaban J connectivity index is 1.56. The maximum absolute atomic E-state index is 13.1. The van der Waals surface area contributed by atoms with E-state index >= 15 is 0 Å². The first-order valence-electron chi connectivity index (χ1n) is 11.9.